The van der Waals surface area contributed by atoms with Crippen LogP contribution in [0.5, 0.6) is 0 Å². The third kappa shape index (κ3) is 3.00. The summed E-state index contributed by atoms with van der Waals surface area (Å²) >= 11 is 9.27. The van der Waals surface area contributed by atoms with Crippen molar-refractivity contribution in [1.29, 1.82) is 0 Å². The lowest BCUT2D eigenvalue weighted by Gasteiger charge is -2.07. The van der Waals surface area contributed by atoms with Gasteiger partial charge in [-0.3, -0.25) is 0 Å². The molecule has 0 radical (unpaired) electrons. The average Bonchev–Trinajstić information content (AvgIpc) is 2.34. The molecule has 0 aliphatic carbocycles. The van der Waals surface area contributed by atoms with Gasteiger partial charge in [0.15, 0.2) is 0 Å². The first-order valence-corrected chi connectivity index (χ1v) is 6.15. The molecule has 0 bridgehead atoms. The number of benzene rings is 1. The van der Waals surface area contributed by atoms with Gasteiger partial charge in [0.25, 0.3) is 0 Å². The van der Waals surface area contributed by atoms with E-state index in [2.05, 4.69) is 26.2 Å². The molecule has 1 heterocycles. The Morgan fingerprint density at radius 3 is 2.56 bits per heavy atom. The summed E-state index contributed by atoms with van der Waals surface area (Å²) in [5, 5.41) is 12.4. The third-order valence-electron chi connectivity index (χ3n) is 2.19. The minimum Gasteiger partial charge on any atom is -0.477 e. The van der Waals surface area contributed by atoms with Gasteiger partial charge < -0.3 is 10.4 Å². The average molecular weight is 328 g/mol. The number of aromatic nitrogens is 1. The summed E-state index contributed by atoms with van der Waals surface area (Å²) in [6, 6.07) is 8.51. The molecule has 6 heteroatoms. The first-order chi connectivity index (χ1) is 8.56. The number of nitrogens with one attached hydrogen (secondary N) is 1. The molecule has 0 atom stereocenters. The van der Waals surface area contributed by atoms with E-state index in [9.17, 15) is 4.79 Å². The van der Waals surface area contributed by atoms with Crippen molar-refractivity contribution >= 4 is 44.9 Å². The standard InChI is InChI=1S/C12H8BrClN2O2/c13-9-3-1-7(5-10(9)14)16-8-2-4-11(12(17)18)15-6-8/h1-6,16H,(H,17,18). The van der Waals surface area contributed by atoms with Crippen LogP contribution in [-0.2, 0) is 0 Å². The number of hydrogen-bond donors (Lipinski definition) is 2. The van der Waals surface area contributed by atoms with Crippen LogP contribution >= 0.6 is 27.5 Å². The number of carboxylic acids is 1. The van der Waals surface area contributed by atoms with Gasteiger partial charge in [0, 0.05) is 10.2 Å². The first kappa shape index (κ1) is 12.9. The lowest BCUT2D eigenvalue weighted by atomic mass is 10.3. The normalized spacial score (nSPS) is 10.1. The maximum Gasteiger partial charge on any atom is 0.354 e. The number of hydrogen-bond acceptors (Lipinski definition) is 3. The lowest BCUT2D eigenvalue weighted by molar-refractivity contribution is 0.0690. The van der Waals surface area contributed by atoms with Crippen LogP contribution in [0.1, 0.15) is 10.5 Å². The van der Waals surface area contributed by atoms with Crippen LogP contribution < -0.4 is 5.32 Å². The van der Waals surface area contributed by atoms with Gasteiger partial charge in [0.2, 0.25) is 0 Å². The Kier molecular flexibility index (Phi) is 3.84. The fourth-order valence-electron chi connectivity index (χ4n) is 1.33. The Hall–Kier alpha value is -1.59. The zero-order valence-electron chi connectivity index (χ0n) is 9.02. The first-order valence-electron chi connectivity index (χ1n) is 4.97. The number of carboxylic acid groups (broad SMARTS) is 1. The van der Waals surface area contributed by atoms with Crippen molar-refractivity contribution in [2.75, 3.05) is 5.32 Å². The molecule has 0 fully saturated rings. The Labute approximate surface area is 117 Å². The van der Waals surface area contributed by atoms with Crippen LogP contribution in [0.25, 0.3) is 0 Å². The molecule has 0 saturated carbocycles. The number of rotatable bonds is 3. The number of carbonyl (C=O) groups is 1. The van der Waals surface area contributed by atoms with E-state index in [-0.39, 0.29) is 5.69 Å². The van der Waals surface area contributed by atoms with Crippen LogP contribution in [0, 0.1) is 0 Å². The van der Waals surface area contributed by atoms with E-state index in [1.54, 1.807) is 12.1 Å². The molecular weight excluding hydrogens is 320 g/mol. The summed E-state index contributed by atoms with van der Waals surface area (Å²) in [5.41, 5.74) is 1.50. The minimum atomic E-state index is -1.05. The number of nitrogens with zero attached hydrogens (tertiary/aromatic N) is 1. The summed E-state index contributed by atoms with van der Waals surface area (Å²) in [6.45, 7) is 0. The Morgan fingerprint density at radius 2 is 2.00 bits per heavy atom. The zero-order chi connectivity index (χ0) is 13.1. The predicted molar refractivity (Wildman–Crippen MR) is 73.6 cm³/mol. The number of pyridine rings is 1. The molecule has 1 aromatic carbocycles. The highest BCUT2D eigenvalue weighted by molar-refractivity contribution is 9.10. The smallest absolute Gasteiger partial charge is 0.354 e. The van der Waals surface area contributed by atoms with Crippen molar-refractivity contribution in [2.24, 2.45) is 0 Å². The molecule has 0 amide bonds. The van der Waals surface area contributed by atoms with Crippen LogP contribution in [0.2, 0.25) is 5.02 Å². The van der Waals surface area contributed by atoms with E-state index in [0.717, 1.165) is 10.2 Å². The molecule has 0 saturated heterocycles. The van der Waals surface area contributed by atoms with Crippen molar-refractivity contribution in [3.05, 3.63) is 51.7 Å². The van der Waals surface area contributed by atoms with E-state index in [1.807, 2.05) is 12.1 Å². The highest BCUT2D eigenvalue weighted by Crippen LogP contribution is 2.27. The van der Waals surface area contributed by atoms with E-state index < -0.39 is 5.97 Å². The maximum atomic E-state index is 10.6. The van der Waals surface area contributed by atoms with E-state index in [1.165, 1.54) is 12.3 Å². The van der Waals surface area contributed by atoms with Crippen LogP contribution in [0.15, 0.2) is 41.0 Å². The van der Waals surface area contributed by atoms with Crippen molar-refractivity contribution in [3.63, 3.8) is 0 Å². The summed E-state index contributed by atoms with van der Waals surface area (Å²) in [5.74, 6) is -1.05. The quantitative estimate of drug-likeness (QED) is 0.896. The van der Waals surface area contributed by atoms with E-state index >= 15 is 0 Å². The molecule has 0 aliphatic heterocycles. The van der Waals surface area contributed by atoms with Crippen molar-refractivity contribution < 1.29 is 9.90 Å². The SMILES string of the molecule is O=C(O)c1ccc(Nc2ccc(Br)c(Cl)c2)cn1. The lowest BCUT2D eigenvalue weighted by Crippen LogP contribution is -2.00. The van der Waals surface area contributed by atoms with Crippen LogP contribution in [0.3, 0.4) is 0 Å². The molecule has 0 spiro atoms. The molecule has 2 N–H and O–H groups in total. The van der Waals surface area contributed by atoms with Crippen LogP contribution in [0.4, 0.5) is 11.4 Å². The molecule has 2 rings (SSSR count). The minimum absolute atomic E-state index is 0.00869. The van der Waals surface area contributed by atoms with Gasteiger partial charge in [-0.05, 0) is 46.3 Å². The number of halogens is 2. The largest absolute Gasteiger partial charge is 0.477 e. The zero-order valence-corrected chi connectivity index (χ0v) is 11.4. The van der Waals surface area contributed by atoms with Gasteiger partial charge in [0.05, 0.1) is 16.9 Å². The van der Waals surface area contributed by atoms with Gasteiger partial charge >= 0.3 is 5.97 Å². The highest BCUT2D eigenvalue weighted by Gasteiger charge is 2.04. The molecule has 1 aromatic heterocycles. The second kappa shape index (κ2) is 5.37. The predicted octanol–water partition coefficient (Wildman–Crippen LogP) is 3.94. The molecule has 18 heavy (non-hydrogen) atoms. The van der Waals surface area contributed by atoms with Gasteiger partial charge in [-0.25, -0.2) is 9.78 Å². The van der Waals surface area contributed by atoms with Crippen LogP contribution in [-0.4, -0.2) is 16.1 Å². The second-order valence-electron chi connectivity index (χ2n) is 3.49. The number of aromatic carboxylic acids is 1. The summed E-state index contributed by atoms with van der Waals surface area (Å²) in [7, 11) is 0. The van der Waals surface area contributed by atoms with Gasteiger partial charge in [0.1, 0.15) is 5.69 Å². The van der Waals surface area contributed by atoms with Crippen molar-refractivity contribution in [2.45, 2.75) is 0 Å². The molecule has 0 unspecified atom stereocenters. The van der Waals surface area contributed by atoms with Crippen molar-refractivity contribution in [3.8, 4) is 0 Å². The molecule has 4 nitrogen and oxygen atoms in total. The third-order valence-corrected chi connectivity index (χ3v) is 3.42. The van der Waals surface area contributed by atoms with Gasteiger partial charge in [-0.15, -0.1) is 0 Å². The molecule has 92 valence electrons. The Bertz CT molecular complexity index is 587. The summed E-state index contributed by atoms with van der Waals surface area (Å²) < 4.78 is 0.814. The number of anilines is 2. The summed E-state index contributed by atoms with van der Waals surface area (Å²) in [6.07, 6.45) is 1.46. The monoisotopic (exact) mass is 326 g/mol. The summed E-state index contributed by atoms with van der Waals surface area (Å²) in [4.78, 5) is 14.5. The highest BCUT2D eigenvalue weighted by atomic mass is 79.9. The Morgan fingerprint density at radius 1 is 1.28 bits per heavy atom. The fourth-order valence-corrected chi connectivity index (χ4v) is 1.76. The molecular formula is C12H8BrClN2O2. The second-order valence-corrected chi connectivity index (χ2v) is 4.75. The topological polar surface area (TPSA) is 62.2 Å². The fraction of sp³-hybridized carbons (Fsp3) is 0. The van der Waals surface area contributed by atoms with Gasteiger partial charge in [-0.2, -0.15) is 0 Å². The van der Waals surface area contributed by atoms with E-state index in [0.29, 0.717) is 10.7 Å². The Balaban J connectivity index is 2.18. The van der Waals surface area contributed by atoms with Crippen molar-refractivity contribution in [1.82, 2.24) is 4.98 Å². The molecule has 0 aliphatic rings. The maximum absolute atomic E-state index is 10.6. The van der Waals surface area contributed by atoms with Gasteiger partial charge in [-0.1, -0.05) is 11.6 Å². The van der Waals surface area contributed by atoms with E-state index in [4.69, 9.17) is 16.7 Å². The molecule has 2 aromatic rings.